The Labute approximate surface area is 187 Å². The maximum atomic E-state index is 10.5. The van der Waals surface area contributed by atoms with Crippen LogP contribution in [0.3, 0.4) is 0 Å². The van der Waals surface area contributed by atoms with Crippen LogP contribution in [0.1, 0.15) is 36.0 Å². The summed E-state index contributed by atoms with van der Waals surface area (Å²) in [6, 6.07) is 16.8. The Morgan fingerprint density at radius 2 is 1.81 bits per heavy atom. The summed E-state index contributed by atoms with van der Waals surface area (Å²) in [4.78, 5) is 4.88. The third-order valence-corrected chi connectivity index (χ3v) is 6.38. The van der Waals surface area contributed by atoms with Crippen molar-refractivity contribution in [3.05, 3.63) is 65.2 Å². The first-order valence-electron chi connectivity index (χ1n) is 11.9. The highest BCUT2D eigenvalue weighted by Crippen LogP contribution is 2.19. The van der Waals surface area contributed by atoms with Gasteiger partial charge >= 0.3 is 0 Å². The molecule has 0 saturated carbocycles. The summed E-state index contributed by atoms with van der Waals surface area (Å²) in [5.41, 5.74) is 4.04. The molecule has 0 aliphatic carbocycles. The lowest BCUT2D eigenvalue weighted by atomic mass is 10.00. The average Bonchev–Trinajstić information content (AvgIpc) is 3.31. The van der Waals surface area contributed by atoms with Crippen LogP contribution in [0.2, 0.25) is 0 Å². The maximum absolute atomic E-state index is 10.5. The number of nitrogens with one attached hydrogen (secondary N) is 1. The molecule has 1 saturated heterocycles. The second kappa shape index (κ2) is 11.6. The fourth-order valence-electron chi connectivity index (χ4n) is 4.67. The van der Waals surface area contributed by atoms with Crippen LogP contribution >= 0.6 is 0 Å². The third-order valence-electron chi connectivity index (χ3n) is 6.38. The van der Waals surface area contributed by atoms with Crippen molar-refractivity contribution in [2.45, 2.75) is 44.9 Å². The van der Waals surface area contributed by atoms with Gasteiger partial charge in [-0.1, -0.05) is 36.4 Å². The molecule has 2 N–H and O–H groups in total. The molecule has 1 atom stereocenters. The standard InChI is InChI=1S/C26H37N3O2/c30-25(20-29-16-11-23-8-1-2-9-24(23)19-29)21-31-26-10-5-7-22(17-26)18-27-12-6-15-28-13-3-4-14-28/h1-2,5,7-10,17,25,27,30H,3-4,6,11-16,18-21H2. The first-order valence-corrected chi connectivity index (χ1v) is 11.9. The van der Waals surface area contributed by atoms with Crippen molar-refractivity contribution in [2.24, 2.45) is 0 Å². The Morgan fingerprint density at radius 3 is 2.68 bits per heavy atom. The molecule has 2 aliphatic heterocycles. The predicted molar refractivity (Wildman–Crippen MR) is 125 cm³/mol. The average molecular weight is 424 g/mol. The van der Waals surface area contributed by atoms with Crippen molar-refractivity contribution >= 4 is 0 Å². The zero-order chi connectivity index (χ0) is 21.3. The SMILES string of the molecule is OC(COc1cccc(CNCCCN2CCCC2)c1)CN1CCc2ccccc2C1. The molecule has 0 bridgehead atoms. The van der Waals surface area contributed by atoms with Crippen molar-refractivity contribution in [1.29, 1.82) is 0 Å². The summed E-state index contributed by atoms with van der Waals surface area (Å²) >= 11 is 0. The van der Waals surface area contributed by atoms with Gasteiger partial charge in [0.2, 0.25) is 0 Å². The van der Waals surface area contributed by atoms with Gasteiger partial charge in [-0.15, -0.1) is 0 Å². The lowest BCUT2D eigenvalue weighted by Crippen LogP contribution is -2.38. The second-order valence-corrected chi connectivity index (χ2v) is 8.95. The summed E-state index contributed by atoms with van der Waals surface area (Å²) in [5, 5.41) is 14.0. The Bertz CT molecular complexity index is 807. The quantitative estimate of drug-likeness (QED) is 0.544. The number of ether oxygens (including phenoxy) is 1. The largest absolute Gasteiger partial charge is 0.491 e. The molecule has 2 aromatic carbocycles. The molecule has 2 aliphatic rings. The summed E-state index contributed by atoms with van der Waals surface area (Å²) in [6.07, 6.45) is 4.49. The molecule has 5 nitrogen and oxygen atoms in total. The minimum atomic E-state index is -0.488. The highest BCUT2D eigenvalue weighted by molar-refractivity contribution is 5.29. The summed E-state index contributed by atoms with van der Waals surface area (Å²) < 4.78 is 5.90. The van der Waals surface area contributed by atoms with E-state index >= 15 is 0 Å². The fourth-order valence-corrected chi connectivity index (χ4v) is 4.67. The van der Waals surface area contributed by atoms with Gasteiger partial charge < -0.3 is 20.1 Å². The van der Waals surface area contributed by atoms with Crippen molar-refractivity contribution in [1.82, 2.24) is 15.1 Å². The van der Waals surface area contributed by atoms with Gasteiger partial charge in [0.1, 0.15) is 18.5 Å². The summed E-state index contributed by atoms with van der Waals surface area (Å²) in [6.45, 7) is 8.52. The van der Waals surface area contributed by atoms with Gasteiger partial charge in [0.25, 0.3) is 0 Å². The molecular formula is C26H37N3O2. The summed E-state index contributed by atoms with van der Waals surface area (Å²) in [7, 11) is 0. The van der Waals surface area contributed by atoms with E-state index in [1.54, 1.807) is 0 Å². The van der Waals surface area contributed by atoms with Crippen LogP contribution in [0.15, 0.2) is 48.5 Å². The molecule has 5 heteroatoms. The molecule has 0 radical (unpaired) electrons. The molecular weight excluding hydrogens is 386 g/mol. The van der Waals surface area contributed by atoms with Gasteiger partial charge in [0.05, 0.1) is 0 Å². The topological polar surface area (TPSA) is 48.0 Å². The van der Waals surface area contributed by atoms with Gasteiger partial charge in [-0.05, 0) is 80.7 Å². The smallest absolute Gasteiger partial charge is 0.119 e. The van der Waals surface area contributed by atoms with E-state index in [0.29, 0.717) is 13.2 Å². The molecule has 2 heterocycles. The molecule has 2 aromatic rings. The molecule has 31 heavy (non-hydrogen) atoms. The van der Waals surface area contributed by atoms with E-state index < -0.39 is 6.10 Å². The monoisotopic (exact) mass is 423 g/mol. The van der Waals surface area contributed by atoms with Crippen LogP contribution in [0.25, 0.3) is 0 Å². The van der Waals surface area contributed by atoms with Gasteiger partial charge in [0.15, 0.2) is 0 Å². The second-order valence-electron chi connectivity index (χ2n) is 8.95. The molecule has 1 unspecified atom stereocenters. The first-order chi connectivity index (χ1) is 15.3. The van der Waals surface area contributed by atoms with Crippen molar-refractivity contribution in [3.63, 3.8) is 0 Å². The van der Waals surface area contributed by atoms with E-state index in [0.717, 1.165) is 38.3 Å². The van der Waals surface area contributed by atoms with E-state index in [1.807, 2.05) is 12.1 Å². The molecule has 0 aromatic heterocycles. The number of nitrogens with zero attached hydrogens (tertiary/aromatic N) is 2. The highest BCUT2D eigenvalue weighted by Gasteiger charge is 2.18. The number of hydrogen-bond donors (Lipinski definition) is 2. The van der Waals surface area contributed by atoms with Gasteiger partial charge in [-0.3, -0.25) is 4.90 Å². The number of β-amino-alcohol motifs (C(OH)–C–C–N with tert-alkyl or cyclic N) is 1. The van der Waals surface area contributed by atoms with E-state index in [1.165, 1.54) is 55.6 Å². The van der Waals surface area contributed by atoms with Gasteiger partial charge in [-0.25, -0.2) is 0 Å². The highest BCUT2D eigenvalue weighted by atomic mass is 16.5. The fraction of sp³-hybridized carbons (Fsp3) is 0.538. The first kappa shape index (κ1) is 22.3. The Hall–Kier alpha value is -1.92. The minimum absolute atomic E-state index is 0.324. The lowest BCUT2D eigenvalue weighted by molar-refractivity contribution is 0.0637. The normalized spacial score (nSPS) is 18.1. The Balaban J connectivity index is 1.14. The van der Waals surface area contributed by atoms with Crippen molar-refractivity contribution in [2.75, 3.05) is 45.9 Å². The van der Waals surface area contributed by atoms with Crippen LogP contribution in [0, 0.1) is 0 Å². The maximum Gasteiger partial charge on any atom is 0.119 e. The molecule has 4 rings (SSSR count). The number of aliphatic hydroxyl groups excluding tert-OH is 1. The Morgan fingerprint density at radius 1 is 0.968 bits per heavy atom. The van der Waals surface area contributed by atoms with Crippen molar-refractivity contribution < 1.29 is 9.84 Å². The Kier molecular flexibility index (Phi) is 8.36. The van der Waals surface area contributed by atoms with Crippen LogP contribution < -0.4 is 10.1 Å². The van der Waals surface area contributed by atoms with E-state index in [9.17, 15) is 5.11 Å². The lowest BCUT2D eigenvalue weighted by Gasteiger charge is -2.30. The summed E-state index contributed by atoms with van der Waals surface area (Å²) in [5.74, 6) is 0.833. The van der Waals surface area contributed by atoms with Crippen LogP contribution in [0.4, 0.5) is 0 Å². The van der Waals surface area contributed by atoms with Gasteiger partial charge in [0, 0.05) is 26.2 Å². The van der Waals surface area contributed by atoms with E-state index in [4.69, 9.17) is 4.74 Å². The van der Waals surface area contributed by atoms with Crippen molar-refractivity contribution in [3.8, 4) is 5.75 Å². The van der Waals surface area contributed by atoms with Crippen LogP contribution in [-0.4, -0.2) is 66.9 Å². The molecule has 0 spiro atoms. The van der Waals surface area contributed by atoms with Gasteiger partial charge in [-0.2, -0.15) is 0 Å². The molecule has 168 valence electrons. The number of aliphatic hydroxyl groups is 1. The number of benzene rings is 2. The number of rotatable bonds is 11. The zero-order valence-corrected chi connectivity index (χ0v) is 18.6. The molecule has 0 amide bonds. The zero-order valence-electron chi connectivity index (χ0n) is 18.6. The van der Waals surface area contributed by atoms with E-state index in [2.05, 4.69) is 51.5 Å². The molecule has 1 fully saturated rings. The van der Waals surface area contributed by atoms with E-state index in [-0.39, 0.29) is 0 Å². The van der Waals surface area contributed by atoms with Crippen LogP contribution in [0.5, 0.6) is 5.75 Å². The number of hydrogen-bond acceptors (Lipinski definition) is 5. The minimum Gasteiger partial charge on any atom is -0.491 e. The number of fused-ring (bicyclic) bond motifs is 1. The predicted octanol–water partition coefficient (Wildman–Crippen LogP) is 3.06. The van der Waals surface area contributed by atoms with Crippen LogP contribution in [-0.2, 0) is 19.5 Å². The number of likely N-dealkylation sites (tertiary alicyclic amines) is 1. The third kappa shape index (κ3) is 7.04.